The monoisotopic (exact) mass is 279 g/mol. The summed E-state index contributed by atoms with van der Waals surface area (Å²) in [6.07, 6.45) is 3.72. The summed E-state index contributed by atoms with van der Waals surface area (Å²) < 4.78 is 5.59. The lowest BCUT2D eigenvalue weighted by atomic mass is 10.1. The van der Waals surface area contributed by atoms with Gasteiger partial charge in [0.05, 0.1) is 19.1 Å². The number of hydrogen-bond donors (Lipinski definition) is 0. The maximum atomic E-state index is 12.2. The molecule has 0 aromatic heterocycles. The number of carbonyl (C=O) groups excluding carboxylic acids is 1. The highest BCUT2D eigenvalue weighted by molar-refractivity contribution is 7.98. The van der Waals surface area contributed by atoms with E-state index in [1.807, 2.05) is 17.0 Å². The molecule has 0 bridgehead atoms. The first-order valence-electron chi connectivity index (χ1n) is 6.75. The first kappa shape index (κ1) is 14.4. The van der Waals surface area contributed by atoms with Crippen molar-refractivity contribution in [2.45, 2.75) is 30.8 Å². The van der Waals surface area contributed by atoms with Crippen molar-refractivity contribution in [3.8, 4) is 0 Å². The summed E-state index contributed by atoms with van der Waals surface area (Å²) in [5, 5.41) is 0. The number of thioether (sulfide) groups is 1. The molecular weight excluding hydrogens is 258 g/mol. The van der Waals surface area contributed by atoms with Crippen LogP contribution in [0.1, 0.15) is 18.9 Å². The summed E-state index contributed by atoms with van der Waals surface area (Å²) in [6.45, 7) is 4.21. The normalized spacial score (nSPS) is 19.5. The summed E-state index contributed by atoms with van der Waals surface area (Å²) in [4.78, 5) is 15.4. The molecule has 0 radical (unpaired) electrons. The molecular formula is C15H21NO2S. The molecule has 1 aliphatic rings. The van der Waals surface area contributed by atoms with Gasteiger partial charge in [-0.05, 0) is 30.4 Å². The Kier molecular flexibility index (Phi) is 5.28. The van der Waals surface area contributed by atoms with Crippen LogP contribution >= 0.6 is 11.8 Å². The second-order valence-corrected chi connectivity index (χ2v) is 5.65. The minimum atomic E-state index is 0.205. The lowest BCUT2D eigenvalue weighted by Crippen LogP contribution is -2.45. The SMILES string of the molecule is CCC1CN(C(=O)Cc2ccc(SC)cc2)CCO1. The Bertz CT molecular complexity index is 419. The molecule has 19 heavy (non-hydrogen) atoms. The molecule has 1 atom stereocenters. The van der Waals surface area contributed by atoms with Gasteiger partial charge in [-0.15, -0.1) is 11.8 Å². The number of nitrogens with zero attached hydrogens (tertiary/aromatic N) is 1. The van der Waals surface area contributed by atoms with E-state index >= 15 is 0 Å². The van der Waals surface area contributed by atoms with Gasteiger partial charge in [0.25, 0.3) is 0 Å². The first-order chi connectivity index (χ1) is 9.22. The largest absolute Gasteiger partial charge is 0.375 e. The average Bonchev–Trinajstić information content (AvgIpc) is 2.48. The number of amides is 1. The fraction of sp³-hybridized carbons (Fsp3) is 0.533. The predicted molar refractivity (Wildman–Crippen MR) is 78.5 cm³/mol. The molecule has 0 spiro atoms. The summed E-state index contributed by atoms with van der Waals surface area (Å²) in [5.41, 5.74) is 1.09. The van der Waals surface area contributed by atoms with Crippen molar-refractivity contribution >= 4 is 17.7 Å². The Morgan fingerprint density at radius 3 is 2.79 bits per heavy atom. The van der Waals surface area contributed by atoms with E-state index < -0.39 is 0 Å². The van der Waals surface area contributed by atoms with Gasteiger partial charge >= 0.3 is 0 Å². The van der Waals surface area contributed by atoms with Crippen LogP contribution in [0.3, 0.4) is 0 Å². The van der Waals surface area contributed by atoms with Gasteiger partial charge in [-0.2, -0.15) is 0 Å². The molecule has 4 heteroatoms. The van der Waals surface area contributed by atoms with Crippen LogP contribution in [0.5, 0.6) is 0 Å². The van der Waals surface area contributed by atoms with Crippen molar-refractivity contribution in [3.63, 3.8) is 0 Å². The number of benzene rings is 1. The van der Waals surface area contributed by atoms with Gasteiger partial charge in [-0.25, -0.2) is 0 Å². The van der Waals surface area contributed by atoms with Gasteiger partial charge in [0.1, 0.15) is 0 Å². The second kappa shape index (κ2) is 6.96. The molecule has 1 aromatic carbocycles. The van der Waals surface area contributed by atoms with Crippen molar-refractivity contribution in [2.24, 2.45) is 0 Å². The molecule has 1 heterocycles. The standard InChI is InChI=1S/C15H21NO2S/c1-3-13-11-16(8-9-18-13)15(17)10-12-4-6-14(19-2)7-5-12/h4-7,13H,3,8-11H2,1-2H3. The summed E-state index contributed by atoms with van der Waals surface area (Å²) in [5.74, 6) is 0.207. The maximum Gasteiger partial charge on any atom is 0.227 e. The van der Waals surface area contributed by atoms with Crippen molar-refractivity contribution in [1.29, 1.82) is 0 Å². The molecule has 1 aliphatic heterocycles. The Balaban J connectivity index is 1.92. The zero-order chi connectivity index (χ0) is 13.7. The third-order valence-corrected chi connectivity index (χ3v) is 4.20. The van der Waals surface area contributed by atoms with Crippen molar-refractivity contribution in [3.05, 3.63) is 29.8 Å². The van der Waals surface area contributed by atoms with Gasteiger partial charge in [0.15, 0.2) is 0 Å². The number of morpholine rings is 1. The highest BCUT2D eigenvalue weighted by Crippen LogP contribution is 2.16. The number of hydrogen-bond acceptors (Lipinski definition) is 3. The topological polar surface area (TPSA) is 29.5 Å². The third-order valence-electron chi connectivity index (χ3n) is 3.46. The van der Waals surface area contributed by atoms with Crippen molar-refractivity contribution < 1.29 is 9.53 Å². The van der Waals surface area contributed by atoms with Crippen molar-refractivity contribution in [1.82, 2.24) is 4.90 Å². The highest BCUT2D eigenvalue weighted by atomic mass is 32.2. The van der Waals surface area contributed by atoms with Crippen LogP contribution in [-0.2, 0) is 16.0 Å². The van der Waals surface area contributed by atoms with E-state index in [1.54, 1.807) is 11.8 Å². The third kappa shape index (κ3) is 3.98. The lowest BCUT2D eigenvalue weighted by molar-refractivity contribution is -0.138. The van der Waals surface area contributed by atoms with E-state index in [0.29, 0.717) is 13.0 Å². The minimum Gasteiger partial charge on any atom is -0.375 e. The first-order valence-corrected chi connectivity index (χ1v) is 7.97. The van der Waals surface area contributed by atoms with E-state index in [-0.39, 0.29) is 12.0 Å². The minimum absolute atomic E-state index is 0.205. The Morgan fingerprint density at radius 2 is 2.16 bits per heavy atom. The Hall–Kier alpha value is -1.00. The molecule has 1 unspecified atom stereocenters. The van der Waals surface area contributed by atoms with Gasteiger partial charge < -0.3 is 9.64 Å². The fourth-order valence-electron chi connectivity index (χ4n) is 2.22. The van der Waals surface area contributed by atoms with Gasteiger partial charge in [0, 0.05) is 18.0 Å². The highest BCUT2D eigenvalue weighted by Gasteiger charge is 2.22. The van der Waals surface area contributed by atoms with Crippen LogP contribution in [0, 0.1) is 0 Å². The molecule has 0 saturated carbocycles. The fourth-order valence-corrected chi connectivity index (χ4v) is 2.63. The Labute approximate surface area is 119 Å². The summed E-state index contributed by atoms with van der Waals surface area (Å²) >= 11 is 1.72. The Morgan fingerprint density at radius 1 is 1.42 bits per heavy atom. The molecule has 0 N–H and O–H groups in total. The molecule has 104 valence electrons. The molecule has 1 saturated heterocycles. The lowest BCUT2D eigenvalue weighted by Gasteiger charge is -2.32. The van der Waals surface area contributed by atoms with E-state index in [9.17, 15) is 4.79 Å². The van der Waals surface area contributed by atoms with Crippen LogP contribution in [-0.4, -0.2) is 42.9 Å². The summed E-state index contributed by atoms with van der Waals surface area (Å²) in [7, 11) is 0. The molecule has 3 nitrogen and oxygen atoms in total. The number of carbonyl (C=O) groups is 1. The smallest absolute Gasteiger partial charge is 0.227 e. The number of rotatable bonds is 4. The molecule has 1 aromatic rings. The quantitative estimate of drug-likeness (QED) is 0.793. The average molecular weight is 279 g/mol. The number of ether oxygens (including phenoxy) is 1. The van der Waals surface area contributed by atoms with Crippen LogP contribution < -0.4 is 0 Å². The van der Waals surface area contributed by atoms with Gasteiger partial charge in [-0.1, -0.05) is 19.1 Å². The van der Waals surface area contributed by atoms with Crippen LogP contribution in [0.15, 0.2) is 29.2 Å². The second-order valence-electron chi connectivity index (χ2n) is 4.77. The van der Waals surface area contributed by atoms with E-state index in [0.717, 1.165) is 25.1 Å². The van der Waals surface area contributed by atoms with Crippen LogP contribution in [0.25, 0.3) is 0 Å². The molecule has 1 amide bonds. The zero-order valence-electron chi connectivity index (χ0n) is 11.6. The maximum absolute atomic E-state index is 12.2. The molecule has 2 rings (SSSR count). The molecule has 0 aliphatic carbocycles. The van der Waals surface area contributed by atoms with Gasteiger partial charge in [0.2, 0.25) is 5.91 Å². The van der Waals surface area contributed by atoms with E-state index in [1.165, 1.54) is 4.90 Å². The van der Waals surface area contributed by atoms with E-state index in [2.05, 4.69) is 25.3 Å². The van der Waals surface area contributed by atoms with Crippen LogP contribution in [0.4, 0.5) is 0 Å². The summed E-state index contributed by atoms with van der Waals surface area (Å²) in [6, 6.07) is 8.23. The van der Waals surface area contributed by atoms with Gasteiger partial charge in [-0.3, -0.25) is 4.79 Å². The predicted octanol–water partition coefficient (Wildman–Crippen LogP) is 2.59. The van der Waals surface area contributed by atoms with Crippen molar-refractivity contribution in [2.75, 3.05) is 26.0 Å². The van der Waals surface area contributed by atoms with E-state index in [4.69, 9.17) is 4.74 Å². The molecule has 1 fully saturated rings. The van der Waals surface area contributed by atoms with Crippen LogP contribution in [0.2, 0.25) is 0 Å². The zero-order valence-corrected chi connectivity index (χ0v) is 12.4.